The molecule has 1 N–H and O–H groups in total. The number of nitrogens with zero attached hydrogens (tertiary/aromatic N) is 3. The van der Waals surface area contributed by atoms with Crippen LogP contribution < -0.4 is 15.8 Å². The number of hydrogen-bond acceptors (Lipinski definition) is 5. The monoisotopic (exact) mass is 308 g/mol. The highest BCUT2D eigenvalue weighted by Gasteiger charge is 2.21. The molecule has 22 heavy (non-hydrogen) atoms. The Labute approximate surface area is 130 Å². The second-order valence-corrected chi connectivity index (χ2v) is 5.50. The number of amides is 1. The Morgan fingerprint density at radius 2 is 2.36 bits per heavy atom. The van der Waals surface area contributed by atoms with Crippen LogP contribution in [-0.4, -0.2) is 48.0 Å². The summed E-state index contributed by atoms with van der Waals surface area (Å²) in [6.45, 7) is 4.67. The van der Waals surface area contributed by atoms with E-state index in [0.29, 0.717) is 26.1 Å². The molecule has 2 rings (SSSR count). The van der Waals surface area contributed by atoms with E-state index >= 15 is 0 Å². The van der Waals surface area contributed by atoms with Crippen molar-refractivity contribution in [3.05, 3.63) is 22.6 Å². The predicted octanol–water partition coefficient (Wildman–Crippen LogP) is 0.292. The normalized spacial score (nSPS) is 18.3. The topological polar surface area (TPSA) is 76.5 Å². The first-order valence-corrected chi connectivity index (χ1v) is 7.76. The van der Waals surface area contributed by atoms with E-state index < -0.39 is 0 Å². The summed E-state index contributed by atoms with van der Waals surface area (Å²) in [5.74, 6) is 0.0888. The molecule has 0 aromatic carbocycles. The minimum absolute atomic E-state index is 0.0553. The second kappa shape index (κ2) is 7.93. The van der Waals surface area contributed by atoms with Gasteiger partial charge in [-0.05, 0) is 12.8 Å². The molecule has 1 aromatic heterocycles. The quantitative estimate of drug-likeness (QED) is 0.817. The zero-order valence-electron chi connectivity index (χ0n) is 13.2. The van der Waals surface area contributed by atoms with Crippen LogP contribution in [0.4, 0.5) is 5.69 Å². The molecule has 1 unspecified atom stereocenters. The average molecular weight is 308 g/mol. The molecule has 122 valence electrons. The molecule has 7 nitrogen and oxygen atoms in total. The van der Waals surface area contributed by atoms with Crippen molar-refractivity contribution in [3.8, 4) is 0 Å². The van der Waals surface area contributed by atoms with Gasteiger partial charge >= 0.3 is 0 Å². The Morgan fingerprint density at radius 3 is 3.09 bits per heavy atom. The Morgan fingerprint density at radius 1 is 1.55 bits per heavy atom. The number of aryl methyl sites for hydroxylation is 1. The third kappa shape index (κ3) is 4.56. The molecule has 1 aliphatic heterocycles. The van der Waals surface area contributed by atoms with E-state index in [1.54, 1.807) is 19.3 Å². The lowest BCUT2D eigenvalue weighted by Gasteiger charge is -2.34. The zero-order chi connectivity index (χ0) is 15.9. The van der Waals surface area contributed by atoms with E-state index in [-0.39, 0.29) is 17.6 Å². The largest absolute Gasteiger partial charge is 0.374 e. The van der Waals surface area contributed by atoms with Crippen LogP contribution in [0.2, 0.25) is 0 Å². The van der Waals surface area contributed by atoms with Crippen molar-refractivity contribution in [2.45, 2.75) is 32.3 Å². The van der Waals surface area contributed by atoms with Gasteiger partial charge < -0.3 is 15.0 Å². The van der Waals surface area contributed by atoms with Crippen LogP contribution in [0.5, 0.6) is 0 Å². The highest BCUT2D eigenvalue weighted by molar-refractivity contribution is 5.75. The molecular formula is C15H24N4O3. The van der Waals surface area contributed by atoms with Crippen LogP contribution in [0, 0.1) is 0 Å². The Kier molecular flexibility index (Phi) is 5.94. The number of morpholine rings is 1. The molecule has 1 aromatic rings. The summed E-state index contributed by atoms with van der Waals surface area (Å²) in [6, 6.07) is 1.60. The maximum atomic E-state index is 11.7. The number of ether oxygens (including phenoxy) is 1. The smallest absolute Gasteiger partial charge is 0.268 e. The molecule has 0 bridgehead atoms. The van der Waals surface area contributed by atoms with Gasteiger partial charge in [-0.2, -0.15) is 5.10 Å². The van der Waals surface area contributed by atoms with Crippen molar-refractivity contribution < 1.29 is 9.53 Å². The van der Waals surface area contributed by atoms with E-state index in [0.717, 1.165) is 25.1 Å². The van der Waals surface area contributed by atoms with Crippen LogP contribution in [0.25, 0.3) is 0 Å². The number of carbonyl (C=O) groups is 1. The van der Waals surface area contributed by atoms with Crippen LogP contribution in [0.1, 0.15) is 26.2 Å². The molecule has 7 heteroatoms. The van der Waals surface area contributed by atoms with Gasteiger partial charge in [0.15, 0.2) is 0 Å². The van der Waals surface area contributed by atoms with E-state index in [2.05, 4.69) is 15.3 Å². The maximum absolute atomic E-state index is 11.7. The number of nitrogens with one attached hydrogen (secondary N) is 1. The SMILES string of the molecule is CCCC(=O)NCCC1CN(c2cnn(C)c(=O)c2)CCO1. The van der Waals surface area contributed by atoms with Crippen LogP contribution in [-0.2, 0) is 16.6 Å². The third-order valence-corrected chi connectivity index (χ3v) is 3.72. The second-order valence-electron chi connectivity index (χ2n) is 5.50. The molecule has 1 atom stereocenters. The van der Waals surface area contributed by atoms with Gasteiger partial charge in [-0.15, -0.1) is 0 Å². The van der Waals surface area contributed by atoms with Crippen molar-refractivity contribution in [2.75, 3.05) is 31.1 Å². The Hall–Kier alpha value is -1.89. The van der Waals surface area contributed by atoms with Gasteiger partial charge in [0.1, 0.15) is 0 Å². The van der Waals surface area contributed by atoms with Gasteiger partial charge in [0.2, 0.25) is 5.91 Å². The van der Waals surface area contributed by atoms with E-state index in [4.69, 9.17) is 4.74 Å². The minimum Gasteiger partial charge on any atom is -0.374 e. The number of rotatable bonds is 6. The van der Waals surface area contributed by atoms with E-state index in [1.165, 1.54) is 4.68 Å². The van der Waals surface area contributed by atoms with Crippen LogP contribution in [0.3, 0.4) is 0 Å². The molecule has 1 amide bonds. The van der Waals surface area contributed by atoms with Crippen molar-refractivity contribution in [2.24, 2.45) is 7.05 Å². The summed E-state index contributed by atoms with van der Waals surface area (Å²) < 4.78 is 7.04. The first-order valence-electron chi connectivity index (χ1n) is 7.76. The lowest BCUT2D eigenvalue weighted by Crippen LogP contribution is -2.44. The Bertz CT molecular complexity index is 558. The number of hydrogen-bond donors (Lipinski definition) is 1. The first kappa shape index (κ1) is 16.5. The van der Waals surface area contributed by atoms with Crippen molar-refractivity contribution >= 4 is 11.6 Å². The molecule has 1 saturated heterocycles. The minimum atomic E-state index is -0.118. The summed E-state index contributed by atoms with van der Waals surface area (Å²) >= 11 is 0. The fourth-order valence-corrected chi connectivity index (χ4v) is 2.45. The summed E-state index contributed by atoms with van der Waals surface area (Å²) in [4.78, 5) is 25.2. The van der Waals surface area contributed by atoms with Gasteiger partial charge in [-0.1, -0.05) is 6.92 Å². The summed E-state index contributed by atoms with van der Waals surface area (Å²) in [6.07, 6.45) is 3.95. The number of aromatic nitrogens is 2. The number of anilines is 1. The van der Waals surface area contributed by atoms with Crippen LogP contribution >= 0.6 is 0 Å². The van der Waals surface area contributed by atoms with Gasteiger partial charge in [0.25, 0.3) is 5.56 Å². The molecule has 0 aliphatic carbocycles. The van der Waals surface area contributed by atoms with Gasteiger partial charge in [-0.25, -0.2) is 4.68 Å². The lowest BCUT2D eigenvalue weighted by molar-refractivity contribution is -0.121. The molecule has 2 heterocycles. The fourth-order valence-electron chi connectivity index (χ4n) is 2.45. The first-order chi connectivity index (χ1) is 10.6. The number of carbonyl (C=O) groups excluding carboxylic acids is 1. The molecule has 0 saturated carbocycles. The molecular weight excluding hydrogens is 284 g/mol. The van der Waals surface area contributed by atoms with Gasteiger partial charge in [-0.3, -0.25) is 9.59 Å². The van der Waals surface area contributed by atoms with Crippen LogP contribution in [0.15, 0.2) is 17.1 Å². The Balaban J connectivity index is 1.85. The summed E-state index contributed by atoms with van der Waals surface area (Å²) in [5.41, 5.74) is 0.707. The molecule has 0 radical (unpaired) electrons. The zero-order valence-corrected chi connectivity index (χ0v) is 13.2. The fraction of sp³-hybridized carbons (Fsp3) is 0.667. The standard InChI is InChI=1S/C15H24N4O3/c1-3-4-14(20)16-6-5-13-11-19(7-8-22-13)12-9-15(21)18(2)17-10-12/h9-10,13H,3-8,11H2,1-2H3,(H,16,20). The summed E-state index contributed by atoms with van der Waals surface area (Å²) in [5, 5.41) is 6.95. The molecule has 1 fully saturated rings. The van der Waals surface area contributed by atoms with E-state index in [9.17, 15) is 9.59 Å². The van der Waals surface area contributed by atoms with E-state index in [1.807, 2.05) is 6.92 Å². The molecule has 0 spiro atoms. The van der Waals surface area contributed by atoms with Gasteiger partial charge in [0.05, 0.1) is 24.6 Å². The lowest BCUT2D eigenvalue weighted by atomic mass is 10.2. The van der Waals surface area contributed by atoms with Gasteiger partial charge in [0, 0.05) is 39.2 Å². The van der Waals surface area contributed by atoms with Crippen molar-refractivity contribution in [3.63, 3.8) is 0 Å². The maximum Gasteiger partial charge on any atom is 0.268 e. The average Bonchev–Trinajstić information content (AvgIpc) is 2.51. The van der Waals surface area contributed by atoms with Crippen molar-refractivity contribution in [1.29, 1.82) is 0 Å². The van der Waals surface area contributed by atoms with Crippen molar-refractivity contribution in [1.82, 2.24) is 15.1 Å². The third-order valence-electron chi connectivity index (χ3n) is 3.72. The predicted molar refractivity (Wildman–Crippen MR) is 84.0 cm³/mol. The summed E-state index contributed by atoms with van der Waals surface area (Å²) in [7, 11) is 1.63. The molecule has 1 aliphatic rings. The highest BCUT2D eigenvalue weighted by Crippen LogP contribution is 2.16. The highest BCUT2D eigenvalue weighted by atomic mass is 16.5.